The van der Waals surface area contributed by atoms with Crippen LogP contribution in [0.1, 0.15) is 48.5 Å². The van der Waals surface area contributed by atoms with E-state index in [1.54, 1.807) is 0 Å². The number of rotatable bonds is 6. The van der Waals surface area contributed by atoms with Gasteiger partial charge in [-0.25, -0.2) is 0 Å². The molecule has 0 fully saturated rings. The number of hydrogen-bond acceptors (Lipinski definition) is 2. The Balaban J connectivity index is 4.33. The van der Waals surface area contributed by atoms with Crippen molar-refractivity contribution < 1.29 is 0 Å². The Morgan fingerprint density at radius 2 is 1.44 bits per heavy atom. The second kappa shape index (κ2) is 5.50. The van der Waals surface area contributed by atoms with Crippen molar-refractivity contribution in [1.29, 1.82) is 0 Å². The van der Waals surface area contributed by atoms with Crippen LogP contribution in [-0.2, 0) is 0 Å². The van der Waals surface area contributed by atoms with Crippen molar-refractivity contribution in [2.45, 2.75) is 59.5 Å². The molecule has 0 bridgehead atoms. The smallest absolute Gasteiger partial charge is 0.0184 e. The zero-order valence-corrected chi connectivity index (χ0v) is 12.8. The maximum Gasteiger partial charge on any atom is 0.0184 e. The average molecular weight is 228 g/mol. The zero-order chi connectivity index (χ0) is 13.1. The molecule has 0 aliphatic rings. The van der Waals surface area contributed by atoms with Crippen molar-refractivity contribution in [3.63, 3.8) is 0 Å². The SMILES string of the molecule is CC(C)C(C)(C)NCC(C)C(C)(C)N(C)C. The largest absolute Gasteiger partial charge is 0.311 e. The molecule has 1 N–H and O–H groups in total. The van der Waals surface area contributed by atoms with E-state index in [0.29, 0.717) is 11.8 Å². The van der Waals surface area contributed by atoms with Crippen LogP contribution in [0.2, 0.25) is 0 Å². The Morgan fingerprint density at radius 1 is 1.00 bits per heavy atom. The highest BCUT2D eigenvalue weighted by Gasteiger charge is 2.30. The summed E-state index contributed by atoms with van der Waals surface area (Å²) in [6.45, 7) is 17.1. The van der Waals surface area contributed by atoms with Gasteiger partial charge in [-0.2, -0.15) is 0 Å². The summed E-state index contributed by atoms with van der Waals surface area (Å²) in [5, 5.41) is 3.69. The van der Waals surface area contributed by atoms with Gasteiger partial charge in [-0.15, -0.1) is 0 Å². The first-order valence-electron chi connectivity index (χ1n) is 6.44. The van der Waals surface area contributed by atoms with Crippen LogP contribution in [0, 0.1) is 11.8 Å². The van der Waals surface area contributed by atoms with Gasteiger partial charge in [-0.3, -0.25) is 0 Å². The molecule has 0 aromatic heterocycles. The molecule has 0 aliphatic heterocycles. The summed E-state index contributed by atoms with van der Waals surface area (Å²) in [6, 6.07) is 0. The molecule has 0 spiro atoms. The van der Waals surface area contributed by atoms with Crippen LogP contribution in [0.25, 0.3) is 0 Å². The Bertz CT molecular complexity index is 205. The fourth-order valence-corrected chi connectivity index (χ4v) is 1.31. The highest BCUT2D eigenvalue weighted by Crippen LogP contribution is 2.23. The van der Waals surface area contributed by atoms with Crippen LogP contribution in [0.5, 0.6) is 0 Å². The fourth-order valence-electron chi connectivity index (χ4n) is 1.31. The summed E-state index contributed by atoms with van der Waals surface area (Å²) in [4.78, 5) is 2.31. The van der Waals surface area contributed by atoms with Crippen molar-refractivity contribution in [1.82, 2.24) is 10.2 Å². The van der Waals surface area contributed by atoms with Gasteiger partial charge in [0.15, 0.2) is 0 Å². The third-order valence-electron chi connectivity index (χ3n) is 4.67. The topological polar surface area (TPSA) is 15.3 Å². The molecule has 0 aliphatic carbocycles. The van der Waals surface area contributed by atoms with Crippen molar-refractivity contribution in [3.8, 4) is 0 Å². The molecule has 0 aromatic carbocycles. The zero-order valence-electron chi connectivity index (χ0n) is 12.8. The predicted molar refractivity (Wildman–Crippen MR) is 73.8 cm³/mol. The summed E-state index contributed by atoms with van der Waals surface area (Å²) in [5.74, 6) is 1.28. The summed E-state index contributed by atoms with van der Waals surface area (Å²) >= 11 is 0. The molecule has 0 radical (unpaired) electrons. The summed E-state index contributed by atoms with van der Waals surface area (Å²) in [6.07, 6.45) is 0. The molecule has 16 heavy (non-hydrogen) atoms. The Morgan fingerprint density at radius 3 is 1.75 bits per heavy atom. The minimum absolute atomic E-state index is 0.219. The standard InChI is InChI=1S/C14H32N2/c1-11(2)13(4,5)15-10-12(3)14(6,7)16(8)9/h11-12,15H,10H2,1-9H3. The van der Waals surface area contributed by atoms with E-state index in [4.69, 9.17) is 0 Å². The molecular weight excluding hydrogens is 196 g/mol. The lowest BCUT2D eigenvalue weighted by molar-refractivity contribution is 0.115. The van der Waals surface area contributed by atoms with E-state index in [-0.39, 0.29) is 11.1 Å². The number of nitrogens with one attached hydrogen (secondary N) is 1. The van der Waals surface area contributed by atoms with Gasteiger partial charge in [0.2, 0.25) is 0 Å². The van der Waals surface area contributed by atoms with E-state index in [2.05, 4.69) is 72.8 Å². The summed E-state index contributed by atoms with van der Waals surface area (Å²) in [5.41, 5.74) is 0.455. The molecule has 0 saturated heterocycles. The van der Waals surface area contributed by atoms with Crippen molar-refractivity contribution in [3.05, 3.63) is 0 Å². The first-order chi connectivity index (χ1) is 7.01. The van der Waals surface area contributed by atoms with Crippen LogP contribution < -0.4 is 5.32 Å². The van der Waals surface area contributed by atoms with Crippen LogP contribution in [-0.4, -0.2) is 36.6 Å². The first-order valence-corrected chi connectivity index (χ1v) is 6.44. The minimum atomic E-state index is 0.219. The Hall–Kier alpha value is -0.0800. The molecule has 2 heteroatoms. The van der Waals surface area contributed by atoms with Crippen LogP contribution in [0.4, 0.5) is 0 Å². The lowest BCUT2D eigenvalue weighted by Crippen LogP contribution is -2.52. The summed E-state index contributed by atoms with van der Waals surface area (Å²) in [7, 11) is 4.31. The number of nitrogens with zero attached hydrogens (tertiary/aromatic N) is 1. The molecule has 0 rings (SSSR count). The van der Waals surface area contributed by atoms with E-state index < -0.39 is 0 Å². The molecular formula is C14H32N2. The molecule has 1 atom stereocenters. The van der Waals surface area contributed by atoms with Gasteiger partial charge in [-0.1, -0.05) is 20.8 Å². The minimum Gasteiger partial charge on any atom is -0.311 e. The lowest BCUT2D eigenvalue weighted by Gasteiger charge is -2.41. The van der Waals surface area contributed by atoms with E-state index in [9.17, 15) is 0 Å². The Kier molecular flexibility index (Phi) is 5.48. The van der Waals surface area contributed by atoms with Gasteiger partial charge in [0.05, 0.1) is 0 Å². The monoisotopic (exact) mass is 228 g/mol. The normalized spacial score (nSPS) is 15.9. The van der Waals surface area contributed by atoms with Crippen LogP contribution in [0.3, 0.4) is 0 Å². The fraction of sp³-hybridized carbons (Fsp3) is 1.00. The van der Waals surface area contributed by atoms with Crippen LogP contribution >= 0.6 is 0 Å². The van der Waals surface area contributed by atoms with Gasteiger partial charge in [0, 0.05) is 11.1 Å². The second-order valence-corrected chi connectivity index (χ2v) is 6.71. The molecule has 0 aromatic rings. The second-order valence-electron chi connectivity index (χ2n) is 6.71. The van der Waals surface area contributed by atoms with Gasteiger partial charge in [0.25, 0.3) is 0 Å². The maximum absolute atomic E-state index is 3.69. The first kappa shape index (κ1) is 15.9. The average Bonchev–Trinajstić information content (AvgIpc) is 2.13. The molecule has 0 heterocycles. The molecule has 0 amide bonds. The van der Waals surface area contributed by atoms with E-state index >= 15 is 0 Å². The molecule has 98 valence electrons. The highest BCUT2D eigenvalue weighted by molar-refractivity contribution is 4.88. The third kappa shape index (κ3) is 4.06. The predicted octanol–water partition coefficient (Wildman–Crippen LogP) is 2.99. The van der Waals surface area contributed by atoms with Crippen LogP contribution in [0.15, 0.2) is 0 Å². The lowest BCUT2D eigenvalue weighted by atomic mass is 9.85. The Labute approximate surface area is 103 Å². The highest BCUT2D eigenvalue weighted by atomic mass is 15.1. The van der Waals surface area contributed by atoms with Gasteiger partial charge in [0.1, 0.15) is 0 Å². The quantitative estimate of drug-likeness (QED) is 0.752. The molecule has 0 saturated carbocycles. The van der Waals surface area contributed by atoms with Gasteiger partial charge in [-0.05, 0) is 60.2 Å². The molecule has 2 nitrogen and oxygen atoms in total. The van der Waals surface area contributed by atoms with Crippen molar-refractivity contribution >= 4 is 0 Å². The maximum atomic E-state index is 3.69. The molecule has 1 unspecified atom stereocenters. The van der Waals surface area contributed by atoms with E-state index in [0.717, 1.165) is 6.54 Å². The van der Waals surface area contributed by atoms with Gasteiger partial charge >= 0.3 is 0 Å². The number of hydrogen-bond donors (Lipinski definition) is 1. The van der Waals surface area contributed by atoms with Gasteiger partial charge < -0.3 is 10.2 Å². The van der Waals surface area contributed by atoms with Crippen molar-refractivity contribution in [2.75, 3.05) is 20.6 Å². The third-order valence-corrected chi connectivity index (χ3v) is 4.67. The van der Waals surface area contributed by atoms with E-state index in [1.807, 2.05) is 0 Å². The van der Waals surface area contributed by atoms with Crippen molar-refractivity contribution in [2.24, 2.45) is 11.8 Å². The van der Waals surface area contributed by atoms with E-state index in [1.165, 1.54) is 0 Å². The summed E-state index contributed by atoms with van der Waals surface area (Å²) < 4.78 is 0.